The monoisotopic (exact) mass is 469 g/mol. The highest BCUT2D eigenvalue weighted by Crippen LogP contribution is 2.39. The number of fused-ring (bicyclic) bond motifs is 1. The van der Waals surface area contributed by atoms with Crippen molar-refractivity contribution in [2.45, 2.75) is 95.8 Å². The molecule has 0 spiro atoms. The molecule has 190 valence electrons. The largest absolute Gasteiger partial charge is 0.368 e. The van der Waals surface area contributed by atoms with Gasteiger partial charge in [0.05, 0.1) is 11.9 Å². The van der Waals surface area contributed by atoms with E-state index in [0.29, 0.717) is 24.0 Å². The number of nitrogens with zero attached hydrogens (tertiary/aromatic N) is 6. The van der Waals surface area contributed by atoms with E-state index in [9.17, 15) is 0 Å². The van der Waals surface area contributed by atoms with Gasteiger partial charge in [-0.1, -0.05) is 19.8 Å². The fourth-order valence-corrected chi connectivity index (χ4v) is 7.02. The molecule has 4 aliphatic rings. The molecular weight excluding hydrogens is 422 g/mol. The summed E-state index contributed by atoms with van der Waals surface area (Å²) in [5, 5.41) is 3.73. The van der Waals surface area contributed by atoms with Crippen molar-refractivity contribution >= 4 is 17.5 Å². The van der Waals surface area contributed by atoms with Crippen molar-refractivity contribution in [3.05, 3.63) is 6.20 Å². The van der Waals surface area contributed by atoms with Gasteiger partial charge in [0, 0.05) is 37.8 Å². The molecule has 1 aromatic rings. The van der Waals surface area contributed by atoms with E-state index >= 15 is 0 Å². The zero-order valence-corrected chi connectivity index (χ0v) is 22.0. The lowest BCUT2D eigenvalue weighted by Gasteiger charge is -2.45. The first-order valence-electron chi connectivity index (χ1n) is 14.1. The molecule has 5 rings (SSSR count). The van der Waals surface area contributed by atoms with Gasteiger partial charge in [-0.25, -0.2) is 4.98 Å². The summed E-state index contributed by atoms with van der Waals surface area (Å²) in [5.74, 6) is 2.67. The SMILES string of the molecule is CCC1CN(C)c2cnc(NC(C)C3CCN(C4CCN(C)CC4)CC3)nc2N1C1CCCC1. The van der Waals surface area contributed by atoms with E-state index < -0.39 is 0 Å². The summed E-state index contributed by atoms with van der Waals surface area (Å²) in [7, 11) is 4.46. The third kappa shape index (κ3) is 5.01. The normalized spacial score (nSPS) is 27.2. The number of likely N-dealkylation sites (N-methyl/N-ethyl adjacent to an activating group) is 1. The molecule has 0 aromatic carbocycles. The van der Waals surface area contributed by atoms with Crippen LogP contribution in [0, 0.1) is 5.92 Å². The second-order valence-corrected chi connectivity index (χ2v) is 11.5. The molecule has 7 heteroatoms. The Balaban J connectivity index is 1.23. The van der Waals surface area contributed by atoms with Crippen molar-refractivity contribution in [3.8, 4) is 0 Å². The molecule has 7 nitrogen and oxygen atoms in total. The molecule has 0 amide bonds. The Labute approximate surface area is 207 Å². The Hall–Kier alpha value is -1.60. The lowest BCUT2D eigenvalue weighted by molar-refractivity contribution is 0.0826. The van der Waals surface area contributed by atoms with Crippen LogP contribution in [-0.4, -0.2) is 90.8 Å². The maximum absolute atomic E-state index is 5.17. The Morgan fingerprint density at radius 3 is 2.35 bits per heavy atom. The number of anilines is 3. The standard InChI is InChI=1S/C27H47N7/c1-5-22-19-32(4)25-18-28-27(30-26(25)34(22)24-8-6-7-9-24)29-20(2)21-10-16-33(17-11-21)23-12-14-31(3)15-13-23/h18,20-24H,5-17,19H2,1-4H3,(H,28,29,30). The molecule has 1 N–H and O–H groups in total. The third-order valence-electron chi connectivity index (χ3n) is 9.32. The highest BCUT2D eigenvalue weighted by Gasteiger charge is 2.36. The summed E-state index contributed by atoms with van der Waals surface area (Å²) in [6.45, 7) is 10.7. The van der Waals surface area contributed by atoms with E-state index in [1.807, 2.05) is 0 Å². The molecule has 1 aromatic heterocycles. The van der Waals surface area contributed by atoms with Gasteiger partial charge < -0.3 is 24.9 Å². The van der Waals surface area contributed by atoms with Crippen molar-refractivity contribution in [2.75, 3.05) is 61.9 Å². The number of hydrogen-bond donors (Lipinski definition) is 1. The van der Waals surface area contributed by atoms with Crippen LogP contribution in [0.5, 0.6) is 0 Å². The molecule has 0 radical (unpaired) electrons. The average molecular weight is 470 g/mol. The van der Waals surface area contributed by atoms with Crippen molar-refractivity contribution in [1.82, 2.24) is 19.8 Å². The van der Waals surface area contributed by atoms with Crippen LogP contribution in [0.25, 0.3) is 0 Å². The Kier molecular flexibility index (Phi) is 7.49. The van der Waals surface area contributed by atoms with E-state index in [1.165, 1.54) is 89.7 Å². The molecule has 2 saturated heterocycles. The quantitative estimate of drug-likeness (QED) is 0.674. The minimum atomic E-state index is 0.404. The first kappa shape index (κ1) is 24.1. The zero-order chi connectivity index (χ0) is 23.7. The molecule has 3 fully saturated rings. The smallest absolute Gasteiger partial charge is 0.224 e. The van der Waals surface area contributed by atoms with Crippen molar-refractivity contribution < 1.29 is 0 Å². The van der Waals surface area contributed by atoms with E-state index in [2.05, 4.69) is 59.1 Å². The van der Waals surface area contributed by atoms with E-state index in [-0.39, 0.29) is 0 Å². The first-order valence-corrected chi connectivity index (χ1v) is 14.1. The summed E-state index contributed by atoms with van der Waals surface area (Å²) >= 11 is 0. The van der Waals surface area contributed by atoms with Gasteiger partial charge in [-0.15, -0.1) is 0 Å². The van der Waals surface area contributed by atoms with Crippen LogP contribution in [0.15, 0.2) is 6.20 Å². The highest BCUT2D eigenvalue weighted by atomic mass is 15.3. The van der Waals surface area contributed by atoms with Crippen LogP contribution < -0.4 is 15.1 Å². The lowest BCUT2D eigenvalue weighted by atomic mass is 9.88. The van der Waals surface area contributed by atoms with Gasteiger partial charge in [0.25, 0.3) is 0 Å². The van der Waals surface area contributed by atoms with Crippen LogP contribution in [0.1, 0.15) is 71.6 Å². The third-order valence-corrected chi connectivity index (χ3v) is 9.32. The number of rotatable bonds is 6. The highest BCUT2D eigenvalue weighted by molar-refractivity contribution is 5.71. The number of nitrogens with one attached hydrogen (secondary N) is 1. The second-order valence-electron chi connectivity index (χ2n) is 11.5. The summed E-state index contributed by atoms with van der Waals surface area (Å²) in [4.78, 5) is 20.2. The summed E-state index contributed by atoms with van der Waals surface area (Å²) in [5.41, 5.74) is 1.20. The Morgan fingerprint density at radius 2 is 1.68 bits per heavy atom. The second kappa shape index (κ2) is 10.6. The van der Waals surface area contributed by atoms with E-state index in [1.54, 1.807) is 0 Å². The number of likely N-dealkylation sites (tertiary alicyclic amines) is 2. The van der Waals surface area contributed by atoms with Crippen LogP contribution >= 0.6 is 0 Å². The van der Waals surface area contributed by atoms with Gasteiger partial charge in [0.15, 0.2) is 5.82 Å². The van der Waals surface area contributed by atoms with Gasteiger partial charge >= 0.3 is 0 Å². The van der Waals surface area contributed by atoms with Crippen LogP contribution in [0.4, 0.5) is 17.5 Å². The zero-order valence-electron chi connectivity index (χ0n) is 22.0. The van der Waals surface area contributed by atoms with Crippen molar-refractivity contribution in [3.63, 3.8) is 0 Å². The summed E-state index contributed by atoms with van der Waals surface area (Å²) in [6, 6.07) is 2.39. The molecule has 4 heterocycles. The first-order chi connectivity index (χ1) is 16.5. The number of hydrogen-bond acceptors (Lipinski definition) is 7. The van der Waals surface area contributed by atoms with Crippen LogP contribution in [0.2, 0.25) is 0 Å². The lowest BCUT2D eigenvalue weighted by Crippen LogP contribution is -2.52. The molecule has 3 aliphatic heterocycles. The van der Waals surface area contributed by atoms with Gasteiger partial charge in [-0.05, 0) is 91.0 Å². The van der Waals surface area contributed by atoms with Gasteiger partial charge in [-0.3, -0.25) is 0 Å². The molecule has 34 heavy (non-hydrogen) atoms. The Morgan fingerprint density at radius 1 is 0.971 bits per heavy atom. The fraction of sp³-hybridized carbons (Fsp3) is 0.852. The maximum Gasteiger partial charge on any atom is 0.224 e. The predicted octanol–water partition coefficient (Wildman–Crippen LogP) is 4.06. The number of aromatic nitrogens is 2. The van der Waals surface area contributed by atoms with Crippen molar-refractivity contribution in [1.29, 1.82) is 0 Å². The van der Waals surface area contributed by atoms with Crippen molar-refractivity contribution in [2.24, 2.45) is 5.92 Å². The Bertz CT molecular complexity index is 794. The molecule has 2 unspecified atom stereocenters. The van der Waals surface area contributed by atoms with E-state index in [0.717, 1.165) is 24.4 Å². The van der Waals surface area contributed by atoms with Gasteiger partial charge in [0.1, 0.15) is 0 Å². The minimum Gasteiger partial charge on any atom is -0.368 e. The molecular formula is C27H47N7. The maximum atomic E-state index is 5.17. The topological polar surface area (TPSA) is 50.8 Å². The average Bonchev–Trinajstić information content (AvgIpc) is 3.39. The fourth-order valence-electron chi connectivity index (χ4n) is 7.02. The summed E-state index contributed by atoms with van der Waals surface area (Å²) < 4.78 is 0. The predicted molar refractivity (Wildman–Crippen MR) is 142 cm³/mol. The molecule has 0 bridgehead atoms. The van der Waals surface area contributed by atoms with Crippen LogP contribution in [0.3, 0.4) is 0 Å². The van der Waals surface area contributed by atoms with Gasteiger partial charge in [-0.2, -0.15) is 4.98 Å². The molecule has 1 aliphatic carbocycles. The molecule has 2 atom stereocenters. The number of piperidine rings is 2. The molecule has 1 saturated carbocycles. The minimum absolute atomic E-state index is 0.404. The summed E-state index contributed by atoms with van der Waals surface area (Å²) in [6.07, 6.45) is 13.8. The van der Waals surface area contributed by atoms with E-state index in [4.69, 9.17) is 9.97 Å². The van der Waals surface area contributed by atoms with Crippen LogP contribution in [-0.2, 0) is 0 Å². The van der Waals surface area contributed by atoms with Gasteiger partial charge in [0.2, 0.25) is 5.95 Å².